The lowest BCUT2D eigenvalue weighted by Crippen LogP contribution is -2.25. The molecule has 29 heavy (non-hydrogen) atoms. The summed E-state index contributed by atoms with van der Waals surface area (Å²) in [6, 6.07) is 7.67. The van der Waals surface area contributed by atoms with Crippen molar-refractivity contribution >= 4 is 27.5 Å². The van der Waals surface area contributed by atoms with Gasteiger partial charge in [-0.25, -0.2) is 4.98 Å². The van der Waals surface area contributed by atoms with Crippen molar-refractivity contribution in [3.8, 4) is 16.9 Å². The van der Waals surface area contributed by atoms with Crippen molar-refractivity contribution in [2.45, 2.75) is 46.1 Å². The minimum Gasteiger partial charge on any atom is -0.494 e. The number of carbonyl (C=O) groups excluding carboxylic acids is 1. The zero-order valence-corrected chi connectivity index (χ0v) is 17.7. The molecular weight excluding hydrogens is 388 g/mol. The second kappa shape index (κ2) is 10.2. The van der Waals surface area contributed by atoms with Gasteiger partial charge in [-0.1, -0.05) is 38.8 Å². The summed E-state index contributed by atoms with van der Waals surface area (Å²) in [5, 5.41) is 2.45. The van der Waals surface area contributed by atoms with E-state index in [4.69, 9.17) is 9.47 Å². The van der Waals surface area contributed by atoms with Crippen molar-refractivity contribution in [2.75, 3.05) is 13.2 Å². The number of nitrogens with zero attached hydrogens (tertiary/aromatic N) is 2. The van der Waals surface area contributed by atoms with Crippen LogP contribution in [0.25, 0.3) is 21.3 Å². The van der Waals surface area contributed by atoms with Crippen LogP contribution >= 0.6 is 11.3 Å². The highest BCUT2D eigenvalue weighted by Gasteiger charge is 2.15. The maximum absolute atomic E-state index is 13.0. The fourth-order valence-electron chi connectivity index (χ4n) is 2.97. The first-order valence-electron chi connectivity index (χ1n) is 9.99. The molecule has 2 aromatic heterocycles. The number of benzene rings is 1. The third-order valence-corrected chi connectivity index (χ3v) is 5.40. The van der Waals surface area contributed by atoms with Crippen molar-refractivity contribution in [1.29, 1.82) is 0 Å². The average Bonchev–Trinajstić information content (AvgIpc) is 3.17. The molecule has 3 aromatic rings. The number of unbranched alkanes of at least 4 members (excludes halogenated alkanes) is 2. The number of hydrogen-bond acceptors (Lipinski definition) is 6. The van der Waals surface area contributed by atoms with Crippen molar-refractivity contribution in [3.05, 3.63) is 46.3 Å². The summed E-state index contributed by atoms with van der Waals surface area (Å²) >= 11 is 1.42. The monoisotopic (exact) mass is 414 g/mol. The number of fused-ring (bicyclic) bond motifs is 1. The molecule has 154 valence electrons. The molecule has 0 aliphatic heterocycles. The predicted molar refractivity (Wildman–Crippen MR) is 116 cm³/mol. The van der Waals surface area contributed by atoms with Gasteiger partial charge < -0.3 is 9.47 Å². The van der Waals surface area contributed by atoms with Crippen LogP contribution in [0, 0.1) is 0 Å². The molecule has 0 fully saturated rings. The van der Waals surface area contributed by atoms with Crippen molar-refractivity contribution in [2.24, 2.45) is 0 Å². The Morgan fingerprint density at radius 1 is 1.10 bits per heavy atom. The first-order chi connectivity index (χ1) is 14.1. The number of ether oxygens (including phenoxy) is 2. The minimum absolute atomic E-state index is 0.132. The Bertz CT molecular complexity index is 1010. The molecule has 0 amide bonds. The summed E-state index contributed by atoms with van der Waals surface area (Å²) in [5.41, 5.74) is 1.50. The summed E-state index contributed by atoms with van der Waals surface area (Å²) in [7, 11) is 0. The lowest BCUT2D eigenvalue weighted by molar-refractivity contribution is -0.144. The Kier molecular flexibility index (Phi) is 7.41. The van der Waals surface area contributed by atoms with E-state index in [0.29, 0.717) is 23.4 Å². The molecule has 3 rings (SSSR count). The molecule has 0 atom stereocenters. The molecule has 7 heteroatoms. The van der Waals surface area contributed by atoms with E-state index in [1.807, 2.05) is 29.6 Å². The van der Waals surface area contributed by atoms with Crippen LogP contribution in [0.15, 0.2) is 40.8 Å². The molecule has 0 saturated carbocycles. The van der Waals surface area contributed by atoms with E-state index < -0.39 is 5.97 Å². The zero-order valence-electron chi connectivity index (χ0n) is 16.8. The maximum Gasteiger partial charge on any atom is 0.326 e. The number of rotatable bonds is 10. The first-order valence-corrected chi connectivity index (χ1v) is 10.9. The number of carbonyl (C=O) groups is 1. The van der Waals surface area contributed by atoms with E-state index in [1.165, 1.54) is 22.2 Å². The first kappa shape index (κ1) is 21.0. The van der Waals surface area contributed by atoms with Gasteiger partial charge in [0, 0.05) is 10.9 Å². The third kappa shape index (κ3) is 5.23. The van der Waals surface area contributed by atoms with Gasteiger partial charge in [0.1, 0.15) is 17.1 Å². The van der Waals surface area contributed by atoms with E-state index in [9.17, 15) is 9.59 Å². The van der Waals surface area contributed by atoms with Gasteiger partial charge in [0.2, 0.25) is 0 Å². The Labute approximate surface area is 174 Å². The zero-order chi connectivity index (χ0) is 20.6. The van der Waals surface area contributed by atoms with E-state index in [0.717, 1.165) is 42.6 Å². The lowest BCUT2D eigenvalue weighted by Gasteiger charge is -2.08. The molecule has 0 N–H and O–H groups in total. The van der Waals surface area contributed by atoms with Crippen LogP contribution in [0.3, 0.4) is 0 Å². The number of aromatic nitrogens is 2. The highest BCUT2D eigenvalue weighted by atomic mass is 32.1. The highest BCUT2D eigenvalue weighted by molar-refractivity contribution is 7.17. The highest BCUT2D eigenvalue weighted by Crippen LogP contribution is 2.31. The Hall–Kier alpha value is -2.67. The molecule has 6 nitrogen and oxygen atoms in total. The van der Waals surface area contributed by atoms with Gasteiger partial charge in [-0.3, -0.25) is 14.2 Å². The summed E-state index contributed by atoms with van der Waals surface area (Å²) in [6.07, 6.45) is 5.27. The minimum atomic E-state index is -0.418. The van der Waals surface area contributed by atoms with Crippen LogP contribution in [0.4, 0.5) is 0 Å². The molecule has 0 spiro atoms. The summed E-state index contributed by atoms with van der Waals surface area (Å²) < 4.78 is 12.2. The fourth-order valence-corrected chi connectivity index (χ4v) is 3.87. The summed E-state index contributed by atoms with van der Waals surface area (Å²) in [5.74, 6) is 0.384. The SMILES string of the molecule is CCCCCOC(=O)Cn1cnc2scc(-c3ccc(OCCC)cc3)c2c1=O. The van der Waals surface area contributed by atoms with Crippen LogP contribution in [-0.2, 0) is 16.1 Å². The van der Waals surface area contributed by atoms with Crippen molar-refractivity contribution in [1.82, 2.24) is 9.55 Å². The molecule has 1 aromatic carbocycles. The normalized spacial score (nSPS) is 11.0. The molecular formula is C22H26N2O4S. The van der Waals surface area contributed by atoms with Crippen molar-refractivity contribution in [3.63, 3.8) is 0 Å². The van der Waals surface area contributed by atoms with Gasteiger partial charge in [0.25, 0.3) is 5.56 Å². The third-order valence-electron chi connectivity index (χ3n) is 4.51. The number of esters is 1. The standard InChI is InChI=1S/C22H26N2O4S/c1-3-5-6-12-28-19(25)13-24-15-23-21-20(22(24)26)18(14-29-21)16-7-9-17(10-8-16)27-11-4-2/h7-10,14-15H,3-6,11-13H2,1-2H3. The lowest BCUT2D eigenvalue weighted by atomic mass is 10.1. The Morgan fingerprint density at radius 2 is 1.90 bits per heavy atom. The average molecular weight is 415 g/mol. The fraction of sp³-hybridized carbons (Fsp3) is 0.409. The Morgan fingerprint density at radius 3 is 2.62 bits per heavy atom. The molecule has 0 saturated heterocycles. The largest absolute Gasteiger partial charge is 0.494 e. The number of hydrogen-bond donors (Lipinski definition) is 0. The second-order valence-electron chi connectivity index (χ2n) is 6.81. The quantitative estimate of drug-likeness (QED) is 0.357. The van der Waals surface area contributed by atoms with E-state index >= 15 is 0 Å². The van der Waals surface area contributed by atoms with Gasteiger partial charge in [-0.2, -0.15) is 0 Å². The topological polar surface area (TPSA) is 70.4 Å². The molecule has 0 unspecified atom stereocenters. The van der Waals surface area contributed by atoms with Gasteiger partial charge in [-0.15, -0.1) is 11.3 Å². The molecule has 0 aliphatic rings. The van der Waals surface area contributed by atoms with Crippen LogP contribution in [0.2, 0.25) is 0 Å². The number of thiophene rings is 1. The van der Waals surface area contributed by atoms with Crippen LogP contribution < -0.4 is 10.3 Å². The van der Waals surface area contributed by atoms with Crippen molar-refractivity contribution < 1.29 is 14.3 Å². The smallest absolute Gasteiger partial charge is 0.326 e. The molecule has 0 aliphatic carbocycles. The summed E-state index contributed by atoms with van der Waals surface area (Å²) in [4.78, 5) is 30.1. The van der Waals surface area contributed by atoms with E-state index in [2.05, 4.69) is 18.8 Å². The maximum atomic E-state index is 13.0. The van der Waals surface area contributed by atoms with E-state index in [1.54, 1.807) is 0 Å². The van der Waals surface area contributed by atoms with Gasteiger partial charge >= 0.3 is 5.97 Å². The predicted octanol–water partition coefficient (Wildman–Crippen LogP) is 4.65. The van der Waals surface area contributed by atoms with Crippen LogP contribution in [0.1, 0.15) is 39.5 Å². The Balaban J connectivity index is 1.81. The molecule has 0 radical (unpaired) electrons. The van der Waals surface area contributed by atoms with Crippen LogP contribution in [-0.4, -0.2) is 28.7 Å². The van der Waals surface area contributed by atoms with Gasteiger partial charge in [0.05, 0.1) is 24.9 Å². The van der Waals surface area contributed by atoms with Gasteiger partial charge in [-0.05, 0) is 30.5 Å². The molecule has 0 bridgehead atoms. The van der Waals surface area contributed by atoms with Gasteiger partial charge in [0.15, 0.2) is 0 Å². The second-order valence-corrected chi connectivity index (χ2v) is 7.67. The molecule has 2 heterocycles. The van der Waals surface area contributed by atoms with E-state index in [-0.39, 0.29) is 12.1 Å². The summed E-state index contributed by atoms with van der Waals surface area (Å²) in [6.45, 7) is 5.07. The van der Waals surface area contributed by atoms with Crippen LogP contribution in [0.5, 0.6) is 5.75 Å².